The maximum atomic E-state index is 13.1. The highest BCUT2D eigenvalue weighted by Gasteiger charge is 2.63. The van der Waals surface area contributed by atoms with Gasteiger partial charge in [0, 0.05) is 24.1 Å². The van der Waals surface area contributed by atoms with E-state index in [-0.39, 0.29) is 29.7 Å². The average Bonchev–Trinajstić information content (AvgIpc) is 3.54. The van der Waals surface area contributed by atoms with Crippen molar-refractivity contribution in [2.45, 2.75) is 75.6 Å². The zero-order chi connectivity index (χ0) is 25.4. The van der Waals surface area contributed by atoms with Crippen molar-refractivity contribution in [1.82, 2.24) is 15.1 Å². The van der Waals surface area contributed by atoms with Crippen molar-refractivity contribution < 1.29 is 19.1 Å². The predicted octanol–water partition coefficient (Wildman–Crippen LogP) is 3.92. The molecule has 2 saturated carbocycles. The summed E-state index contributed by atoms with van der Waals surface area (Å²) in [7, 11) is 0. The molecule has 0 aromatic heterocycles. The van der Waals surface area contributed by atoms with Gasteiger partial charge in [0.2, 0.25) is 5.91 Å². The number of hydrogen-bond acceptors (Lipinski definition) is 5. The van der Waals surface area contributed by atoms with Gasteiger partial charge in [0.05, 0.1) is 0 Å². The molecule has 5 fully saturated rings. The molecule has 3 amide bonds. The first-order valence-electron chi connectivity index (χ1n) is 13.8. The molecule has 2 aromatic carbocycles. The molecule has 1 N–H and O–H groups in total. The summed E-state index contributed by atoms with van der Waals surface area (Å²) in [5.74, 6) is 0.0239. The quantitative estimate of drug-likeness (QED) is 0.643. The maximum Gasteiger partial charge on any atom is 0.255 e. The third kappa shape index (κ3) is 4.43. The SMILES string of the molecule is O=C1NC(=O)C2(N3Cc4cc(OC5CCCCC5N5CCCC5)ccc4C3=O)CC1C2.c1ccccc1. The van der Waals surface area contributed by atoms with Crippen molar-refractivity contribution >= 4 is 17.7 Å². The smallest absolute Gasteiger partial charge is 0.255 e. The number of likely N-dealkylation sites (tertiary alicyclic amines) is 1. The molecule has 0 spiro atoms. The van der Waals surface area contributed by atoms with Gasteiger partial charge >= 0.3 is 0 Å². The first-order valence-corrected chi connectivity index (χ1v) is 13.8. The molecule has 3 saturated heterocycles. The minimum atomic E-state index is -0.861. The molecule has 2 aromatic rings. The summed E-state index contributed by atoms with van der Waals surface area (Å²) in [5.41, 5.74) is 0.702. The fraction of sp³-hybridized carbons (Fsp3) is 0.500. The molecule has 37 heavy (non-hydrogen) atoms. The second-order valence-corrected chi connectivity index (χ2v) is 11.1. The summed E-state index contributed by atoms with van der Waals surface area (Å²) in [4.78, 5) is 41.7. The van der Waals surface area contributed by atoms with Crippen LogP contribution in [0.2, 0.25) is 0 Å². The average molecular weight is 502 g/mol. The number of carbonyl (C=O) groups excluding carboxylic acids is 3. The normalized spacial score (nSPS) is 30.6. The van der Waals surface area contributed by atoms with Crippen LogP contribution in [-0.2, 0) is 16.1 Å². The number of imide groups is 1. The van der Waals surface area contributed by atoms with Crippen LogP contribution in [0.25, 0.3) is 0 Å². The highest BCUT2D eigenvalue weighted by atomic mass is 16.5. The van der Waals surface area contributed by atoms with Gasteiger partial charge in [0.15, 0.2) is 0 Å². The number of ether oxygens (including phenoxy) is 1. The Kier molecular flexibility index (Phi) is 6.49. The molecular weight excluding hydrogens is 466 g/mol. The fourth-order valence-electron chi connectivity index (χ4n) is 6.78. The number of carbonyl (C=O) groups is 3. The van der Waals surface area contributed by atoms with Crippen molar-refractivity contribution in [1.29, 1.82) is 0 Å². The largest absolute Gasteiger partial charge is 0.489 e. The number of amides is 3. The van der Waals surface area contributed by atoms with Crippen LogP contribution in [-0.4, -0.2) is 58.3 Å². The van der Waals surface area contributed by atoms with Crippen LogP contribution in [0.5, 0.6) is 5.75 Å². The van der Waals surface area contributed by atoms with Crippen LogP contribution in [0, 0.1) is 5.92 Å². The number of fused-ring (bicyclic) bond motifs is 3. The van der Waals surface area contributed by atoms with Crippen LogP contribution >= 0.6 is 0 Å². The Morgan fingerprint density at radius 1 is 0.865 bits per heavy atom. The van der Waals surface area contributed by atoms with Crippen molar-refractivity contribution in [3.05, 3.63) is 65.7 Å². The summed E-state index contributed by atoms with van der Waals surface area (Å²) in [5, 5.41) is 2.44. The topological polar surface area (TPSA) is 79.0 Å². The van der Waals surface area contributed by atoms with Gasteiger partial charge in [-0.1, -0.05) is 42.8 Å². The molecule has 7 heteroatoms. The van der Waals surface area contributed by atoms with E-state index in [0.29, 0.717) is 31.0 Å². The first kappa shape index (κ1) is 24.2. The Balaban J connectivity index is 0.000000372. The van der Waals surface area contributed by atoms with Crippen molar-refractivity contribution in [2.24, 2.45) is 5.92 Å². The van der Waals surface area contributed by atoms with E-state index in [4.69, 9.17) is 4.74 Å². The van der Waals surface area contributed by atoms with E-state index in [1.807, 2.05) is 54.6 Å². The fourth-order valence-corrected chi connectivity index (χ4v) is 6.78. The monoisotopic (exact) mass is 501 g/mol. The van der Waals surface area contributed by atoms with Gasteiger partial charge in [-0.05, 0) is 81.8 Å². The van der Waals surface area contributed by atoms with E-state index < -0.39 is 5.54 Å². The lowest BCUT2D eigenvalue weighted by Crippen LogP contribution is -2.73. The molecule has 4 heterocycles. The molecule has 194 valence electrons. The first-order chi connectivity index (χ1) is 18.0. The predicted molar refractivity (Wildman–Crippen MR) is 139 cm³/mol. The Bertz CT molecular complexity index is 1140. The number of hydrogen-bond donors (Lipinski definition) is 1. The summed E-state index contributed by atoms with van der Waals surface area (Å²) >= 11 is 0. The Hall–Kier alpha value is -3.19. The van der Waals surface area contributed by atoms with E-state index in [9.17, 15) is 14.4 Å². The lowest BCUT2D eigenvalue weighted by molar-refractivity contribution is -0.160. The van der Waals surface area contributed by atoms with E-state index in [0.717, 1.165) is 17.7 Å². The minimum Gasteiger partial charge on any atom is -0.489 e. The molecule has 6 aliphatic rings. The van der Waals surface area contributed by atoms with Gasteiger partial charge in [-0.2, -0.15) is 0 Å². The number of rotatable bonds is 4. The highest BCUT2D eigenvalue weighted by Crippen LogP contribution is 2.49. The van der Waals surface area contributed by atoms with Gasteiger partial charge in [0.25, 0.3) is 11.8 Å². The standard InChI is InChI=1S/C24H29N3O4.C6H6/c28-21-16-12-24(13-16,23(30)25-21)27-14-15-11-17(7-8-18(15)22(27)29)31-20-6-2-1-5-19(20)26-9-3-4-10-26;1-2-4-6-5-3-1/h7-8,11,16,19-20H,1-6,9-10,12-14H2,(H,25,28,30);1-6H. The van der Waals surface area contributed by atoms with Gasteiger partial charge in [-0.15, -0.1) is 0 Å². The summed E-state index contributed by atoms with van der Waals surface area (Å²) < 4.78 is 6.50. The van der Waals surface area contributed by atoms with Gasteiger partial charge in [-0.3, -0.25) is 24.6 Å². The summed E-state index contributed by atoms with van der Waals surface area (Å²) in [6.07, 6.45) is 8.37. The van der Waals surface area contributed by atoms with Crippen molar-refractivity contribution in [3.63, 3.8) is 0 Å². The van der Waals surface area contributed by atoms with Gasteiger partial charge in [-0.25, -0.2) is 0 Å². The van der Waals surface area contributed by atoms with Crippen LogP contribution in [0.15, 0.2) is 54.6 Å². The van der Waals surface area contributed by atoms with E-state index in [1.165, 1.54) is 45.2 Å². The number of benzene rings is 2. The van der Waals surface area contributed by atoms with Crippen LogP contribution < -0.4 is 10.1 Å². The Morgan fingerprint density at radius 3 is 2.22 bits per heavy atom. The van der Waals surface area contributed by atoms with Crippen molar-refractivity contribution in [3.8, 4) is 5.75 Å². The van der Waals surface area contributed by atoms with E-state index in [1.54, 1.807) is 4.90 Å². The second kappa shape index (κ2) is 9.93. The molecule has 7 nitrogen and oxygen atoms in total. The highest BCUT2D eigenvalue weighted by molar-refractivity contribution is 6.10. The molecule has 2 aliphatic carbocycles. The van der Waals surface area contributed by atoms with Gasteiger partial charge in [0.1, 0.15) is 17.4 Å². The Morgan fingerprint density at radius 2 is 1.54 bits per heavy atom. The zero-order valence-corrected chi connectivity index (χ0v) is 21.2. The van der Waals surface area contributed by atoms with Crippen LogP contribution in [0.4, 0.5) is 0 Å². The lowest BCUT2D eigenvalue weighted by atomic mass is 9.63. The zero-order valence-electron chi connectivity index (χ0n) is 21.2. The third-order valence-electron chi connectivity index (χ3n) is 8.83. The van der Waals surface area contributed by atoms with Crippen molar-refractivity contribution in [2.75, 3.05) is 13.1 Å². The molecule has 0 radical (unpaired) electrons. The minimum absolute atomic E-state index is 0.114. The molecular formula is C30H35N3O4. The summed E-state index contributed by atoms with van der Waals surface area (Å²) in [6.45, 7) is 2.75. The van der Waals surface area contributed by atoms with Crippen LogP contribution in [0.1, 0.15) is 67.3 Å². The molecule has 8 rings (SSSR count). The van der Waals surface area contributed by atoms with Gasteiger partial charge < -0.3 is 9.64 Å². The number of piperidine rings is 2. The molecule has 4 aliphatic heterocycles. The third-order valence-corrected chi connectivity index (χ3v) is 8.83. The molecule has 2 unspecified atom stereocenters. The van der Waals surface area contributed by atoms with E-state index >= 15 is 0 Å². The molecule has 2 bridgehead atoms. The number of nitrogens with zero attached hydrogens (tertiary/aromatic N) is 2. The Labute approximate surface area is 218 Å². The summed E-state index contributed by atoms with van der Waals surface area (Å²) in [6, 6.07) is 18.2. The maximum absolute atomic E-state index is 13.1. The second-order valence-electron chi connectivity index (χ2n) is 11.1. The van der Waals surface area contributed by atoms with Crippen LogP contribution in [0.3, 0.4) is 0 Å². The lowest BCUT2D eigenvalue weighted by Gasteiger charge is -2.53. The molecule has 2 atom stereocenters. The van der Waals surface area contributed by atoms with E-state index in [2.05, 4.69) is 10.2 Å². The number of nitrogens with one attached hydrogen (secondary N) is 1.